The normalized spacial score (nSPS) is 13.5. The Morgan fingerprint density at radius 1 is 1.04 bits per heavy atom. The first-order chi connectivity index (χ1) is 12.1. The van der Waals surface area contributed by atoms with Crippen LogP contribution in [0.2, 0.25) is 0 Å². The number of methoxy groups -OCH3 is 1. The van der Waals surface area contributed by atoms with E-state index in [0.717, 1.165) is 24.5 Å². The summed E-state index contributed by atoms with van der Waals surface area (Å²) in [5.74, 6) is 1.64. The summed E-state index contributed by atoms with van der Waals surface area (Å²) in [4.78, 5) is 2.29. The molecule has 0 saturated heterocycles. The number of para-hydroxylation sites is 1. The van der Waals surface area contributed by atoms with Crippen molar-refractivity contribution in [3.05, 3.63) is 60.2 Å². The molecule has 2 atom stereocenters. The van der Waals surface area contributed by atoms with Gasteiger partial charge in [0.15, 0.2) is 0 Å². The first kappa shape index (κ1) is 19.3. The zero-order chi connectivity index (χ0) is 18.1. The first-order valence-electron chi connectivity index (χ1n) is 8.85. The standard InChI is InChI=1S/C21H29NO3/c1-4-17(2)22(14-18-9-8-12-21(13-18)24-3)15-19(23)16-25-20-10-6-5-7-11-20/h5-13,17,19,23H,4,14-16H2,1-3H3/t17-,19+/m1/s1. The Hall–Kier alpha value is -2.04. The lowest BCUT2D eigenvalue weighted by Crippen LogP contribution is -2.40. The predicted molar refractivity (Wildman–Crippen MR) is 101 cm³/mol. The molecule has 2 rings (SSSR count). The van der Waals surface area contributed by atoms with Gasteiger partial charge in [-0.3, -0.25) is 4.90 Å². The van der Waals surface area contributed by atoms with Crippen LogP contribution in [0.15, 0.2) is 54.6 Å². The lowest BCUT2D eigenvalue weighted by Gasteiger charge is -2.30. The molecule has 0 unspecified atom stereocenters. The molecule has 136 valence electrons. The van der Waals surface area contributed by atoms with Gasteiger partial charge < -0.3 is 14.6 Å². The van der Waals surface area contributed by atoms with Crippen LogP contribution in [0.4, 0.5) is 0 Å². The third kappa shape index (κ3) is 6.40. The highest BCUT2D eigenvalue weighted by Gasteiger charge is 2.18. The third-order valence-electron chi connectivity index (χ3n) is 4.36. The lowest BCUT2D eigenvalue weighted by molar-refractivity contribution is 0.0506. The molecule has 0 heterocycles. The highest BCUT2D eigenvalue weighted by molar-refractivity contribution is 5.28. The number of aliphatic hydroxyl groups is 1. The topological polar surface area (TPSA) is 41.9 Å². The van der Waals surface area contributed by atoms with E-state index in [4.69, 9.17) is 9.47 Å². The molecule has 0 saturated carbocycles. The van der Waals surface area contributed by atoms with E-state index >= 15 is 0 Å². The Morgan fingerprint density at radius 3 is 2.44 bits per heavy atom. The van der Waals surface area contributed by atoms with Gasteiger partial charge in [0, 0.05) is 19.1 Å². The van der Waals surface area contributed by atoms with E-state index in [9.17, 15) is 5.11 Å². The lowest BCUT2D eigenvalue weighted by atomic mass is 10.1. The molecule has 0 fully saturated rings. The fraction of sp³-hybridized carbons (Fsp3) is 0.429. The first-order valence-corrected chi connectivity index (χ1v) is 8.85. The van der Waals surface area contributed by atoms with Gasteiger partial charge in [0.2, 0.25) is 0 Å². The Balaban J connectivity index is 1.94. The average Bonchev–Trinajstić information content (AvgIpc) is 2.66. The van der Waals surface area contributed by atoms with E-state index in [1.54, 1.807) is 7.11 Å². The summed E-state index contributed by atoms with van der Waals surface area (Å²) in [6.45, 7) is 5.98. The van der Waals surface area contributed by atoms with E-state index in [1.807, 2.05) is 48.5 Å². The molecule has 0 aromatic heterocycles. The maximum Gasteiger partial charge on any atom is 0.119 e. The van der Waals surface area contributed by atoms with Crippen LogP contribution < -0.4 is 9.47 Å². The van der Waals surface area contributed by atoms with Crippen LogP contribution in [-0.2, 0) is 6.54 Å². The minimum absolute atomic E-state index is 0.287. The van der Waals surface area contributed by atoms with Crippen molar-refractivity contribution in [2.45, 2.75) is 39.0 Å². The SMILES string of the molecule is CC[C@@H](C)N(Cc1cccc(OC)c1)C[C@H](O)COc1ccccc1. The van der Waals surface area contributed by atoms with Crippen molar-refractivity contribution in [2.24, 2.45) is 0 Å². The molecule has 2 aromatic rings. The number of hydrogen-bond acceptors (Lipinski definition) is 4. The number of nitrogens with zero attached hydrogens (tertiary/aromatic N) is 1. The fourth-order valence-electron chi connectivity index (χ4n) is 2.70. The average molecular weight is 343 g/mol. The summed E-state index contributed by atoms with van der Waals surface area (Å²) >= 11 is 0. The number of hydrogen-bond donors (Lipinski definition) is 1. The van der Waals surface area contributed by atoms with Gasteiger partial charge in [-0.05, 0) is 43.2 Å². The van der Waals surface area contributed by atoms with Gasteiger partial charge in [0.1, 0.15) is 24.2 Å². The molecule has 0 amide bonds. The van der Waals surface area contributed by atoms with Crippen LogP contribution >= 0.6 is 0 Å². The van der Waals surface area contributed by atoms with Crippen molar-refractivity contribution in [1.29, 1.82) is 0 Å². The molecule has 2 aromatic carbocycles. The molecule has 0 aliphatic heterocycles. The van der Waals surface area contributed by atoms with Gasteiger partial charge in [0.05, 0.1) is 7.11 Å². The zero-order valence-corrected chi connectivity index (χ0v) is 15.4. The van der Waals surface area contributed by atoms with E-state index < -0.39 is 6.10 Å². The predicted octanol–water partition coefficient (Wildman–Crippen LogP) is 3.74. The molecule has 0 spiro atoms. The molecule has 0 radical (unpaired) electrons. The third-order valence-corrected chi connectivity index (χ3v) is 4.36. The molecule has 4 nitrogen and oxygen atoms in total. The van der Waals surface area contributed by atoms with Gasteiger partial charge >= 0.3 is 0 Å². The quantitative estimate of drug-likeness (QED) is 0.714. The molecule has 25 heavy (non-hydrogen) atoms. The minimum atomic E-state index is -0.542. The van der Waals surface area contributed by atoms with Crippen LogP contribution in [0.5, 0.6) is 11.5 Å². The van der Waals surface area contributed by atoms with Gasteiger partial charge in [-0.25, -0.2) is 0 Å². The highest BCUT2D eigenvalue weighted by atomic mass is 16.5. The smallest absolute Gasteiger partial charge is 0.119 e. The number of ether oxygens (including phenoxy) is 2. The summed E-state index contributed by atoms with van der Waals surface area (Å²) < 4.78 is 11.0. The van der Waals surface area contributed by atoms with Crippen molar-refractivity contribution in [3.63, 3.8) is 0 Å². The zero-order valence-electron chi connectivity index (χ0n) is 15.4. The summed E-state index contributed by atoms with van der Waals surface area (Å²) in [6, 6.07) is 18.0. The van der Waals surface area contributed by atoms with E-state index in [1.165, 1.54) is 5.56 Å². The Kier molecular flexibility index (Phi) is 7.76. The van der Waals surface area contributed by atoms with E-state index in [-0.39, 0.29) is 6.61 Å². The van der Waals surface area contributed by atoms with Crippen molar-refractivity contribution in [1.82, 2.24) is 4.90 Å². The molecule has 4 heteroatoms. The van der Waals surface area contributed by atoms with Gasteiger partial charge in [-0.2, -0.15) is 0 Å². The van der Waals surface area contributed by atoms with Gasteiger partial charge in [0.25, 0.3) is 0 Å². The maximum atomic E-state index is 10.4. The second-order valence-corrected chi connectivity index (χ2v) is 6.32. The van der Waals surface area contributed by atoms with Crippen LogP contribution in [0, 0.1) is 0 Å². The molecule has 1 N–H and O–H groups in total. The van der Waals surface area contributed by atoms with Crippen LogP contribution in [0.3, 0.4) is 0 Å². The van der Waals surface area contributed by atoms with Crippen molar-refractivity contribution in [2.75, 3.05) is 20.3 Å². The van der Waals surface area contributed by atoms with Crippen molar-refractivity contribution in [3.8, 4) is 11.5 Å². The molecular weight excluding hydrogens is 314 g/mol. The Bertz CT molecular complexity index is 618. The largest absolute Gasteiger partial charge is 0.497 e. The molecule has 0 aliphatic rings. The van der Waals surface area contributed by atoms with E-state index in [0.29, 0.717) is 12.6 Å². The molecule has 0 bridgehead atoms. The summed E-state index contributed by atoms with van der Waals surface area (Å²) in [7, 11) is 1.68. The number of aliphatic hydroxyl groups excluding tert-OH is 1. The minimum Gasteiger partial charge on any atom is -0.497 e. The number of rotatable bonds is 10. The Morgan fingerprint density at radius 2 is 1.76 bits per heavy atom. The second kappa shape index (κ2) is 10.1. The molecular formula is C21H29NO3. The molecule has 0 aliphatic carbocycles. The van der Waals surface area contributed by atoms with Crippen molar-refractivity contribution >= 4 is 0 Å². The van der Waals surface area contributed by atoms with Crippen LogP contribution in [-0.4, -0.2) is 42.4 Å². The Labute approximate surface area is 151 Å². The van der Waals surface area contributed by atoms with E-state index in [2.05, 4.69) is 24.8 Å². The van der Waals surface area contributed by atoms with Gasteiger partial charge in [-0.15, -0.1) is 0 Å². The van der Waals surface area contributed by atoms with Crippen LogP contribution in [0.1, 0.15) is 25.8 Å². The number of benzene rings is 2. The van der Waals surface area contributed by atoms with Gasteiger partial charge in [-0.1, -0.05) is 37.3 Å². The second-order valence-electron chi connectivity index (χ2n) is 6.32. The summed E-state index contributed by atoms with van der Waals surface area (Å²) in [5.41, 5.74) is 1.18. The summed E-state index contributed by atoms with van der Waals surface area (Å²) in [6.07, 6.45) is 0.482. The monoisotopic (exact) mass is 343 g/mol. The maximum absolute atomic E-state index is 10.4. The van der Waals surface area contributed by atoms with Crippen molar-refractivity contribution < 1.29 is 14.6 Å². The summed E-state index contributed by atoms with van der Waals surface area (Å²) in [5, 5.41) is 10.4. The fourth-order valence-corrected chi connectivity index (χ4v) is 2.70. The van der Waals surface area contributed by atoms with Crippen LogP contribution in [0.25, 0.3) is 0 Å². The highest BCUT2D eigenvalue weighted by Crippen LogP contribution is 2.17.